The molecule has 1 atom stereocenters. The van der Waals surface area contributed by atoms with Crippen molar-refractivity contribution in [2.24, 2.45) is 0 Å². The van der Waals surface area contributed by atoms with Gasteiger partial charge in [-0.3, -0.25) is 0 Å². The SMILES string of the molecule is Cc1cccc(CNC(C)c2sccc2C)c1. The Balaban J connectivity index is 1.97. The highest BCUT2D eigenvalue weighted by Crippen LogP contribution is 2.23. The van der Waals surface area contributed by atoms with Gasteiger partial charge in [-0.2, -0.15) is 0 Å². The first-order valence-electron chi connectivity index (χ1n) is 6.00. The van der Waals surface area contributed by atoms with E-state index in [0.717, 1.165) is 6.54 Å². The van der Waals surface area contributed by atoms with Gasteiger partial charge in [0, 0.05) is 17.5 Å². The van der Waals surface area contributed by atoms with Crippen LogP contribution in [0.5, 0.6) is 0 Å². The second kappa shape index (κ2) is 5.48. The van der Waals surface area contributed by atoms with E-state index in [9.17, 15) is 0 Å². The smallest absolute Gasteiger partial charge is 0.0391 e. The van der Waals surface area contributed by atoms with Crippen molar-refractivity contribution in [1.29, 1.82) is 0 Å². The van der Waals surface area contributed by atoms with Crippen LogP contribution in [0.3, 0.4) is 0 Å². The zero-order chi connectivity index (χ0) is 12.3. The number of benzene rings is 1. The summed E-state index contributed by atoms with van der Waals surface area (Å²) in [5.41, 5.74) is 4.06. The summed E-state index contributed by atoms with van der Waals surface area (Å²) in [6.45, 7) is 7.47. The lowest BCUT2D eigenvalue weighted by Crippen LogP contribution is -2.17. The molecule has 0 fully saturated rings. The standard InChI is InChI=1S/C15H19NS/c1-11-5-4-6-14(9-11)10-16-13(3)15-12(2)7-8-17-15/h4-9,13,16H,10H2,1-3H3. The Bertz CT molecular complexity index is 487. The molecule has 90 valence electrons. The molecule has 2 rings (SSSR count). The lowest BCUT2D eigenvalue weighted by atomic mass is 10.1. The summed E-state index contributed by atoms with van der Waals surface area (Å²) in [7, 11) is 0. The van der Waals surface area contributed by atoms with Crippen molar-refractivity contribution < 1.29 is 0 Å². The Morgan fingerprint density at radius 2 is 2.06 bits per heavy atom. The van der Waals surface area contributed by atoms with Gasteiger partial charge in [-0.1, -0.05) is 29.8 Å². The summed E-state index contributed by atoms with van der Waals surface area (Å²) in [6.07, 6.45) is 0. The molecule has 1 nitrogen and oxygen atoms in total. The van der Waals surface area contributed by atoms with Gasteiger partial charge in [-0.05, 0) is 43.3 Å². The normalized spacial score (nSPS) is 12.6. The molecule has 0 spiro atoms. The number of thiophene rings is 1. The molecule has 1 heterocycles. The van der Waals surface area contributed by atoms with Gasteiger partial charge in [0.25, 0.3) is 0 Å². The molecule has 0 radical (unpaired) electrons. The van der Waals surface area contributed by atoms with Crippen LogP contribution in [-0.2, 0) is 6.54 Å². The Hall–Kier alpha value is -1.12. The monoisotopic (exact) mass is 245 g/mol. The Morgan fingerprint density at radius 3 is 2.71 bits per heavy atom. The van der Waals surface area contributed by atoms with E-state index in [1.807, 2.05) is 11.3 Å². The highest BCUT2D eigenvalue weighted by molar-refractivity contribution is 7.10. The van der Waals surface area contributed by atoms with Crippen molar-refractivity contribution in [2.45, 2.75) is 33.4 Å². The van der Waals surface area contributed by atoms with Gasteiger partial charge in [-0.15, -0.1) is 11.3 Å². The Morgan fingerprint density at radius 1 is 1.24 bits per heavy atom. The van der Waals surface area contributed by atoms with E-state index in [1.165, 1.54) is 21.6 Å². The molecule has 0 amide bonds. The van der Waals surface area contributed by atoms with E-state index < -0.39 is 0 Å². The van der Waals surface area contributed by atoms with Gasteiger partial charge in [-0.25, -0.2) is 0 Å². The predicted octanol–water partition coefficient (Wildman–Crippen LogP) is 4.22. The van der Waals surface area contributed by atoms with Gasteiger partial charge < -0.3 is 5.32 Å². The summed E-state index contributed by atoms with van der Waals surface area (Å²) in [6, 6.07) is 11.3. The highest BCUT2D eigenvalue weighted by Gasteiger charge is 2.08. The van der Waals surface area contributed by atoms with Crippen molar-refractivity contribution in [3.05, 3.63) is 57.3 Å². The second-order valence-corrected chi connectivity index (χ2v) is 5.51. The third kappa shape index (κ3) is 3.18. The van der Waals surface area contributed by atoms with E-state index in [4.69, 9.17) is 0 Å². The first kappa shape index (κ1) is 12.3. The fourth-order valence-corrected chi connectivity index (χ4v) is 2.97. The maximum absolute atomic E-state index is 3.58. The number of hydrogen-bond acceptors (Lipinski definition) is 2. The van der Waals surface area contributed by atoms with Crippen LogP contribution in [0.2, 0.25) is 0 Å². The largest absolute Gasteiger partial charge is 0.305 e. The number of rotatable bonds is 4. The lowest BCUT2D eigenvalue weighted by molar-refractivity contribution is 0.580. The van der Waals surface area contributed by atoms with Crippen molar-refractivity contribution in [1.82, 2.24) is 5.32 Å². The fourth-order valence-electron chi connectivity index (χ4n) is 2.01. The minimum atomic E-state index is 0.426. The van der Waals surface area contributed by atoms with Crippen molar-refractivity contribution >= 4 is 11.3 Å². The molecule has 0 aliphatic heterocycles. The van der Waals surface area contributed by atoms with Crippen LogP contribution in [-0.4, -0.2) is 0 Å². The minimum Gasteiger partial charge on any atom is -0.305 e. The molecule has 17 heavy (non-hydrogen) atoms. The molecule has 1 aromatic carbocycles. The van der Waals surface area contributed by atoms with E-state index in [0.29, 0.717) is 6.04 Å². The average molecular weight is 245 g/mol. The number of hydrogen-bond donors (Lipinski definition) is 1. The molecule has 0 aliphatic rings. The third-order valence-electron chi connectivity index (χ3n) is 2.99. The highest BCUT2D eigenvalue weighted by atomic mass is 32.1. The van der Waals surface area contributed by atoms with Crippen LogP contribution in [0.15, 0.2) is 35.7 Å². The van der Waals surface area contributed by atoms with Gasteiger partial charge in [0.1, 0.15) is 0 Å². The summed E-state index contributed by atoms with van der Waals surface area (Å²) in [5, 5.41) is 5.74. The fraction of sp³-hybridized carbons (Fsp3) is 0.333. The molecule has 0 aliphatic carbocycles. The maximum atomic E-state index is 3.58. The van der Waals surface area contributed by atoms with Crippen molar-refractivity contribution in [3.63, 3.8) is 0 Å². The van der Waals surface area contributed by atoms with Gasteiger partial charge in [0.2, 0.25) is 0 Å². The summed E-state index contributed by atoms with van der Waals surface area (Å²) >= 11 is 1.83. The van der Waals surface area contributed by atoms with E-state index in [2.05, 4.69) is 61.8 Å². The zero-order valence-electron chi connectivity index (χ0n) is 10.7. The third-order valence-corrected chi connectivity index (χ3v) is 4.19. The molecule has 0 bridgehead atoms. The Labute approximate surface area is 108 Å². The van der Waals surface area contributed by atoms with E-state index in [-0.39, 0.29) is 0 Å². The molecule has 2 heteroatoms. The average Bonchev–Trinajstić information content (AvgIpc) is 2.72. The van der Waals surface area contributed by atoms with Crippen LogP contribution in [0.25, 0.3) is 0 Å². The zero-order valence-corrected chi connectivity index (χ0v) is 11.5. The second-order valence-electron chi connectivity index (χ2n) is 4.56. The minimum absolute atomic E-state index is 0.426. The maximum Gasteiger partial charge on any atom is 0.0391 e. The van der Waals surface area contributed by atoms with E-state index >= 15 is 0 Å². The van der Waals surface area contributed by atoms with Crippen LogP contribution >= 0.6 is 11.3 Å². The molecule has 0 saturated heterocycles. The van der Waals surface area contributed by atoms with Crippen LogP contribution in [0.1, 0.15) is 34.5 Å². The summed E-state index contributed by atoms with van der Waals surface area (Å²) in [4.78, 5) is 1.44. The quantitative estimate of drug-likeness (QED) is 0.850. The van der Waals surface area contributed by atoms with Gasteiger partial charge in [0.15, 0.2) is 0 Å². The number of nitrogens with one attached hydrogen (secondary N) is 1. The lowest BCUT2D eigenvalue weighted by Gasteiger charge is -2.13. The molecule has 1 N–H and O–H groups in total. The predicted molar refractivity (Wildman–Crippen MR) is 75.5 cm³/mol. The topological polar surface area (TPSA) is 12.0 Å². The van der Waals surface area contributed by atoms with Crippen molar-refractivity contribution in [2.75, 3.05) is 0 Å². The Kier molecular flexibility index (Phi) is 3.97. The van der Waals surface area contributed by atoms with Gasteiger partial charge >= 0.3 is 0 Å². The first-order valence-corrected chi connectivity index (χ1v) is 6.87. The van der Waals surface area contributed by atoms with Crippen molar-refractivity contribution in [3.8, 4) is 0 Å². The molecular formula is C15H19NS. The van der Waals surface area contributed by atoms with Crippen LogP contribution < -0.4 is 5.32 Å². The number of aryl methyl sites for hydroxylation is 2. The summed E-state index contributed by atoms with van der Waals surface area (Å²) in [5.74, 6) is 0. The molecule has 1 unspecified atom stereocenters. The van der Waals surface area contributed by atoms with Gasteiger partial charge in [0.05, 0.1) is 0 Å². The molecule has 2 aromatic rings. The molecule has 1 aromatic heterocycles. The first-order chi connectivity index (χ1) is 8.16. The van der Waals surface area contributed by atoms with E-state index in [1.54, 1.807) is 0 Å². The summed E-state index contributed by atoms with van der Waals surface area (Å²) < 4.78 is 0. The van der Waals surface area contributed by atoms with Crippen LogP contribution in [0.4, 0.5) is 0 Å². The van der Waals surface area contributed by atoms with Crippen LogP contribution in [0, 0.1) is 13.8 Å². The molecular weight excluding hydrogens is 226 g/mol. The molecule has 0 saturated carbocycles.